The van der Waals surface area contributed by atoms with E-state index in [4.69, 9.17) is 11.0 Å². The number of alkyl halides is 1. The van der Waals surface area contributed by atoms with Gasteiger partial charge in [0.1, 0.15) is 6.07 Å². The van der Waals surface area contributed by atoms with Gasteiger partial charge in [-0.3, -0.25) is 4.79 Å². The zero-order chi connectivity index (χ0) is 10.7. The van der Waals surface area contributed by atoms with Crippen LogP contribution in [0, 0.1) is 11.3 Å². The Morgan fingerprint density at radius 1 is 1.64 bits per heavy atom. The lowest BCUT2D eigenvalue weighted by Gasteiger charge is -2.04. The maximum absolute atomic E-state index is 11.5. The van der Waals surface area contributed by atoms with E-state index < -0.39 is 0 Å². The Labute approximate surface area is 90.7 Å². The second-order valence-electron chi connectivity index (χ2n) is 2.89. The minimum Gasteiger partial charge on any atom is -0.398 e. The number of benzene rings is 1. The number of carbonyl (C=O) groups is 1. The summed E-state index contributed by atoms with van der Waals surface area (Å²) in [6.45, 7) is 1.74. The molecule has 3 nitrogen and oxygen atoms in total. The van der Waals surface area contributed by atoms with E-state index in [1.54, 1.807) is 19.1 Å². The minimum atomic E-state index is -0.252. The van der Waals surface area contributed by atoms with E-state index >= 15 is 0 Å². The molecule has 1 unspecified atom stereocenters. The van der Waals surface area contributed by atoms with Crippen molar-refractivity contribution in [3.63, 3.8) is 0 Å². The summed E-state index contributed by atoms with van der Waals surface area (Å²) in [4.78, 5) is 11.3. The molecule has 14 heavy (non-hydrogen) atoms. The second kappa shape index (κ2) is 4.25. The molecule has 1 aromatic rings. The Morgan fingerprint density at radius 3 is 2.79 bits per heavy atom. The molecule has 0 aliphatic heterocycles. The zero-order valence-corrected chi connectivity index (χ0v) is 9.21. The topological polar surface area (TPSA) is 66.9 Å². The summed E-state index contributed by atoms with van der Waals surface area (Å²) in [7, 11) is 0. The third kappa shape index (κ3) is 2.12. The van der Waals surface area contributed by atoms with Crippen LogP contribution in [0.5, 0.6) is 0 Å². The Hall–Kier alpha value is -1.34. The van der Waals surface area contributed by atoms with Gasteiger partial charge in [0, 0.05) is 11.3 Å². The molecule has 0 radical (unpaired) electrons. The SMILES string of the molecule is CC(Br)C(=O)c1ccc(N)c(C#N)c1. The van der Waals surface area contributed by atoms with Crippen molar-refractivity contribution in [1.82, 2.24) is 0 Å². The summed E-state index contributed by atoms with van der Waals surface area (Å²) in [6, 6.07) is 6.64. The van der Waals surface area contributed by atoms with E-state index in [-0.39, 0.29) is 10.6 Å². The van der Waals surface area contributed by atoms with Crippen LogP contribution in [-0.4, -0.2) is 10.6 Å². The molecule has 0 bridgehead atoms. The highest BCUT2D eigenvalue weighted by atomic mass is 79.9. The number of nitrogens with zero attached hydrogens (tertiary/aromatic N) is 1. The molecule has 0 aliphatic carbocycles. The Morgan fingerprint density at radius 2 is 2.29 bits per heavy atom. The van der Waals surface area contributed by atoms with Crippen LogP contribution < -0.4 is 5.73 Å². The van der Waals surface area contributed by atoms with E-state index in [0.29, 0.717) is 16.8 Å². The van der Waals surface area contributed by atoms with Crippen LogP contribution in [0.3, 0.4) is 0 Å². The first kappa shape index (κ1) is 10.7. The lowest BCUT2D eigenvalue weighted by molar-refractivity contribution is 0.0996. The number of ketones is 1. The lowest BCUT2D eigenvalue weighted by atomic mass is 10.0. The van der Waals surface area contributed by atoms with E-state index in [2.05, 4.69) is 15.9 Å². The predicted octanol–water partition coefficient (Wildman–Crippen LogP) is 2.11. The van der Waals surface area contributed by atoms with Crippen LogP contribution in [0.15, 0.2) is 18.2 Å². The number of hydrogen-bond acceptors (Lipinski definition) is 3. The van der Waals surface area contributed by atoms with Crippen molar-refractivity contribution in [3.05, 3.63) is 29.3 Å². The molecule has 0 spiro atoms. The number of nitrogens with two attached hydrogens (primary N) is 1. The van der Waals surface area contributed by atoms with Gasteiger partial charge >= 0.3 is 0 Å². The zero-order valence-electron chi connectivity index (χ0n) is 7.62. The Bertz CT molecular complexity index is 407. The molecular weight excluding hydrogens is 244 g/mol. The summed E-state index contributed by atoms with van der Waals surface area (Å²) >= 11 is 3.18. The first-order valence-electron chi connectivity index (χ1n) is 4.04. The standard InChI is InChI=1S/C10H9BrN2O/c1-6(11)10(14)7-2-3-9(13)8(4-7)5-12/h2-4,6H,13H2,1H3. The molecule has 1 atom stereocenters. The van der Waals surface area contributed by atoms with Gasteiger partial charge in [-0.2, -0.15) is 5.26 Å². The minimum absolute atomic E-state index is 0.0542. The van der Waals surface area contributed by atoms with E-state index in [9.17, 15) is 4.79 Å². The van der Waals surface area contributed by atoms with Crippen LogP contribution >= 0.6 is 15.9 Å². The summed E-state index contributed by atoms with van der Waals surface area (Å²) in [6.07, 6.45) is 0. The van der Waals surface area contributed by atoms with Crippen molar-refractivity contribution >= 4 is 27.4 Å². The molecule has 1 aromatic carbocycles. The predicted molar refractivity (Wildman–Crippen MR) is 58.3 cm³/mol. The van der Waals surface area contributed by atoms with Crippen molar-refractivity contribution in [2.45, 2.75) is 11.8 Å². The van der Waals surface area contributed by atoms with E-state index in [0.717, 1.165) is 0 Å². The van der Waals surface area contributed by atoms with Gasteiger partial charge < -0.3 is 5.73 Å². The normalized spacial score (nSPS) is 11.8. The monoisotopic (exact) mass is 252 g/mol. The molecule has 0 saturated carbocycles. The van der Waals surface area contributed by atoms with E-state index in [1.165, 1.54) is 6.07 Å². The van der Waals surface area contributed by atoms with Gasteiger partial charge in [-0.15, -0.1) is 0 Å². The molecule has 1 rings (SSSR count). The number of halogens is 1. The smallest absolute Gasteiger partial charge is 0.176 e. The van der Waals surface area contributed by atoms with Crippen LogP contribution in [0.2, 0.25) is 0 Å². The Balaban J connectivity index is 3.15. The molecule has 0 fully saturated rings. The summed E-state index contributed by atoms with van der Waals surface area (Å²) < 4.78 is 0. The van der Waals surface area contributed by atoms with Gasteiger partial charge in [0.25, 0.3) is 0 Å². The maximum Gasteiger partial charge on any atom is 0.176 e. The molecule has 0 aliphatic rings. The van der Waals surface area contributed by atoms with Crippen molar-refractivity contribution in [2.75, 3.05) is 5.73 Å². The molecule has 4 heteroatoms. The van der Waals surface area contributed by atoms with Crippen molar-refractivity contribution in [3.8, 4) is 6.07 Å². The van der Waals surface area contributed by atoms with Gasteiger partial charge in [-0.05, 0) is 25.1 Å². The summed E-state index contributed by atoms with van der Waals surface area (Å²) in [5.74, 6) is -0.0542. The Kier molecular flexibility index (Phi) is 3.26. The highest BCUT2D eigenvalue weighted by molar-refractivity contribution is 9.10. The largest absolute Gasteiger partial charge is 0.398 e. The van der Waals surface area contributed by atoms with E-state index in [1.807, 2.05) is 6.07 Å². The van der Waals surface area contributed by atoms with Gasteiger partial charge in [0.2, 0.25) is 0 Å². The van der Waals surface area contributed by atoms with Gasteiger partial charge in [0.15, 0.2) is 5.78 Å². The van der Waals surface area contributed by atoms with Crippen molar-refractivity contribution < 1.29 is 4.79 Å². The second-order valence-corrected chi connectivity index (χ2v) is 4.27. The molecular formula is C10H9BrN2O. The third-order valence-electron chi connectivity index (χ3n) is 1.82. The highest BCUT2D eigenvalue weighted by Crippen LogP contribution is 2.16. The fourth-order valence-electron chi connectivity index (χ4n) is 1.04. The number of Topliss-reactive ketones (excluding diaryl/α,β-unsaturated/α-hetero) is 1. The number of hydrogen-bond donors (Lipinski definition) is 1. The molecule has 0 heterocycles. The fraction of sp³-hybridized carbons (Fsp3) is 0.200. The van der Waals surface area contributed by atoms with Crippen LogP contribution in [0.1, 0.15) is 22.8 Å². The average Bonchev–Trinajstić information content (AvgIpc) is 2.17. The maximum atomic E-state index is 11.5. The number of carbonyl (C=O) groups excluding carboxylic acids is 1. The number of anilines is 1. The quantitative estimate of drug-likeness (QED) is 0.498. The first-order valence-corrected chi connectivity index (χ1v) is 4.95. The lowest BCUT2D eigenvalue weighted by Crippen LogP contribution is -2.10. The molecule has 0 aromatic heterocycles. The third-order valence-corrected chi connectivity index (χ3v) is 2.24. The van der Waals surface area contributed by atoms with Gasteiger partial charge in [-0.25, -0.2) is 0 Å². The summed E-state index contributed by atoms with van der Waals surface area (Å²) in [5.41, 5.74) is 6.76. The summed E-state index contributed by atoms with van der Waals surface area (Å²) in [5, 5.41) is 8.71. The molecule has 72 valence electrons. The number of nitriles is 1. The van der Waals surface area contributed by atoms with Crippen LogP contribution in [0.25, 0.3) is 0 Å². The molecule has 0 amide bonds. The van der Waals surface area contributed by atoms with Crippen LogP contribution in [-0.2, 0) is 0 Å². The van der Waals surface area contributed by atoms with Gasteiger partial charge in [0.05, 0.1) is 10.4 Å². The van der Waals surface area contributed by atoms with Crippen molar-refractivity contribution in [1.29, 1.82) is 5.26 Å². The molecule has 2 N–H and O–H groups in total. The number of nitrogen functional groups attached to an aromatic ring is 1. The average molecular weight is 253 g/mol. The van der Waals surface area contributed by atoms with Crippen molar-refractivity contribution in [2.24, 2.45) is 0 Å². The number of rotatable bonds is 2. The van der Waals surface area contributed by atoms with Crippen LogP contribution in [0.4, 0.5) is 5.69 Å². The fourth-order valence-corrected chi connectivity index (χ4v) is 1.30. The molecule has 0 saturated heterocycles. The first-order chi connectivity index (χ1) is 6.56. The van der Waals surface area contributed by atoms with Gasteiger partial charge in [-0.1, -0.05) is 15.9 Å². The highest BCUT2D eigenvalue weighted by Gasteiger charge is 2.12.